The number of guanidine groups is 1. The average Bonchev–Trinajstić information content (AvgIpc) is 3.23. The topological polar surface area (TPSA) is 68.7 Å². The van der Waals surface area contributed by atoms with Gasteiger partial charge in [-0.25, -0.2) is 9.79 Å². The molecule has 3 aliphatic heterocycles. The Balaban J connectivity index is 1.62. The summed E-state index contributed by atoms with van der Waals surface area (Å²) in [5.74, 6) is 0.0109. The fourth-order valence-electron chi connectivity index (χ4n) is 3.98. The minimum Gasteiger partial charge on any atom is -0.380 e. The smallest absolute Gasteiger partial charge is 0.380 e. The van der Waals surface area contributed by atoms with Gasteiger partial charge in [0, 0.05) is 31.2 Å². The number of amides is 3. The van der Waals surface area contributed by atoms with Gasteiger partial charge in [-0.1, -0.05) is 0 Å². The molecule has 2 unspecified atom stereocenters. The van der Waals surface area contributed by atoms with E-state index in [0.29, 0.717) is 24.0 Å². The van der Waals surface area contributed by atoms with Crippen LogP contribution in [0.4, 0.5) is 23.7 Å². The van der Waals surface area contributed by atoms with Crippen LogP contribution in [0.1, 0.15) is 19.4 Å². The summed E-state index contributed by atoms with van der Waals surface area (Å²) in [6.45, 7) is 4.45. The second kappa shape index (κ2) is 7.56. The number of carbonyl (C=O) groups is 2. The molecule has 1 aromatic rings. The van der Waals surface area contributed by atoms with Crippen molar-refractivity contribution in [3.05, 3.63) is 41.7 Å². The molecule has 8 nitrogen and oxygen atoms in total. The largest absolute Gasteiger partial charge is 0.416 e. The molecule has 1 fully saturated rings. The maximum Gasteiger partial charge on any atom is 0.416 e. The first-order valence-corrected chi connectivity index (χ1v) is 9.83. The molecule has 0 aromatic heterocycles. The molecule has 4 rings (SSSR count). The molecule has 0 bridgehead atoms. The summed E-state index contributed by atoms with van der Waals surface area (Å²) in [6.07, 6.45) is -3.43. The molecular formula is C20H22F3N5O3. The van der Waals surface area contributed by atoms with Gasteiger partial charge in [-0.15, -0.1) is 0 Å². The number of alkyl halides is 3. The lowest BCUT2D eigenvalue weighted by molar-refractivity contribution is -0.138. The van der Waals surface area contributed by atoms with Crippen molar-refractivity contribution in [2.75, 3.05) is 31.7 Å². The number of likely N-dealkylation sites (N-methyl/N-ethyl adjacent to an activating group) is 1. The lowest BCUT2D eigenvalue weighted by Gasteiger charge is -2.40. The van der Waals surface area contributed by atoms with Crippen LogP contribution in [0.15, 0.2) is 41.2 Å². The SMILES string of the molecule is CCOCCN1C(=O)C2C(N=C3N(c4ccc(C(F)(F)F)cc4)C(C)=CN32)N(C)C1=O. The van der Waals surface area contributed by atoms with Gasteiger partial charge in [0.15, 0.2) is 12.2 Å². The molecule has 11 heteroatoms. The summed E-state index contributed by atoms with van der Waals surface area (Å²) in [5.41, 5.74) is 0.433. The van der Waals surface area contributed by atoms with Crippen LogP contribution in [0.2, 0.25) is 0 Å². The molecular weight excluding hydrogens is 415 g/mol. The highest BCUT2D eigenvalue weighted by Crippen LogP contribution is 2.37. The van der Waals surface area contributed by atoms with Crippen molar-refractivity contribution in [3.63, 3.8) is 0 Å². The lowest BCUT2D eigenvalue weighted by Crippen LogP contribution is -2.64. The maximum absolute atomic E-state index is 13.1. The third-order valence-electron chi connectivity index (χ3n) is 5.50. The van der Waals surface area contributed by atoms with Gasteiger partial charge >= 0.3 is 12.2 Å². The van der Waals surface area contributed by atoms with E-state index < -0.39 is 30.0 Å². The van der Waals surface area contributed by atoms with Gasteiger partial charge in [-0.2, -0.15) is 13.2 Å². The molecule has 1 saturated heterocycles. The van der Waals surface area contributed by atoms with Crippen LogP contribution in [-0.2, 0) is 15.7 Å². The van der Waals surface area contributed by atoms with Gasteiger partial charge in [-0.05, 0) is 38.1 Å². The molecule has 0 aliphatic carbocycles. The molecule has 3 amide bonds. The van der Waals surface area contributed by atoms with Crippen LogP contribution in [0.25, 0.3) is 0 Å². The van der Waals surface area contributed by atoms with Crippen molar-refractivity contribution in [3.8, 4) is 0 Å². The number of urea groups is 1. The predicted molar refractivity (Wildman–Crippen MR) is 106 cm³/mol. The summed E-state index contributed by atoms with van der Waals surface area (Å²) in [5, 5.41) is 0. The Labute approximate surface area is 177 Å². The number of benzene rings is 1. The van der Waals surface area contributed by atoms with Crippen molar-refractivity contribution in [2.45, 2.75) is 32.2 Å². The zero-order chi connectivity index (χ0) is 22.5. The third-order valence-corrected chi connectivity index (χ3v) is 5.50. The second-order valence-electron chi connectivity index (χ2n) is 7.43. The number of anilines is 1. The normalized spacial score (nSPS) is 23.3. The molecule has 3 heterocycles. The van der Waals surface area contributed by atoms with E-state index in [1.807, 2.05) is 6.92 Å². The number of ether oxygens (including phenoxy) is 1. The zero-order valence-corrected chi connectivity index (χ0v) is 17.3. The molecule has 0 saturated carbocycles. The monoisotopic (exact) mass is 437 g/mol. The van der Waals surface area contributed by atoms with E-state index in [4.69, 9.17) is 4.74 Å². The van der Waals surface area contributed by atoms with Crippen LogP contribution < -0.4 is 4.90 Å². The molecule has 31 heavy (non-hydrogen) atoms. The first-order valence-electron chi connectivity index (χ1n) is 9.83. The predicted octanol–water partition coefficient (Wildman–Crippen LogP) is 2.68. The lowest BCUT2D eigenvalue weighted by atomic mass is 10.1. The highest BCUT2D eigenvalue weighted by atomic mass is 19.4. The first-order chi connectivity index (χ1) is 14.6. The number of allylic oxidation sites excluding steroid dienone is 1. The number of fused-ring (bicyclic) bond motifs is 3. The molecule has 166 valence electrons. The van der Waals surface area contributed by atoms with Gasteiger partial charge < -0.3 is 14.5 Å². The number of rotatable bonds is 5. The fraction of sp³-hybridized carbons (Fsp3) is 0.450. The van der Waals surface area contributed by atoms with Crippen molar-refractivity contribution in [1.82, 2.24) is 14.7 Å². The van der Waals surface area contributed by atoms with E-state index >= 15 is 0 Å². The molecule has 1 aromatic carbocycles. The van der Waals surface area contributed by atoms with Crippen LogP contribution >= 0.6 is 0 Å². The standard InChI is InChI=1S/C20H22F3N5O3/c1-4-31-10-9-26-17(29)15-16(25(3)19(26)30)24-18-27(15)11-12(2)28(18)14-7-5-13(6-8-14)20(21,22)23/h5-8,11,15-16H,4,9-10H2,1-3H3. The molecule has 2 atom stereocenters. The van der Waals surface area contributed by atoms with E-state index in [0.717, 1.165) is 17.0 Å². The second-order valence-corrected chi connectivity index (χ2v) is 7.43. The van der Waals surface area contributed by atoms with E-state index in [2.05, 4.69) is 4.99 Å². The molecule has 3 aliphatic rings. The van der Waals surface area contributed by atoms with Crippen molar-refractivity contribution >= 4 is 23.6 Å². The zero-order valence-electron chi connectivity index (χ0n) is 17.3. The van der Waals surface area contributed by atoms with Gasteiger partial charge in [0.2, 0.25) is 5.96 Å². The number of nitrogens with zero attached hydrogens (tertiary/aromatic N) is 5. The van der Waals surface area contributed by atoms with Gasteiger partial charge in [-0.3, -0.25) is 14.6 Å². The molecule has 0 spiro atoms. The van der Waals surface area contributed by atoms with E-state index in [-0.39, 0.29) is 19.1 Å². The Morgan fingerprint density at radius 1 is 1.16 bits per heavy atom. The average molecular weight is 437 g/mol. The third kappa shape index (κ3) is 3.42. The summed E-state index contributed by atoms with van der Waals surface area (Å²) in [7, 11) is 1.57. The quantitative estimate of drug-likeness (QED) is 0.663. The van der Waals surface area contributed by atoms with Crippen LogP contribution in [0, 0.1) is 0 Å². The van der Waals surface area contributed by atoms with Crippen LogP contribution in [0.3, 0.4) is 0 Å². The Hall–Kier alpha value is -3.08. The number of aliphatic imine (C=N–C) groups is 1. The number of halogens is 3. The Bertz CT molecular complexity index is 960. The fourth-order valence-corrected chi connectivity index (χ4v) is 3.98. The van der Waals surface area contributed by atoms with E-state index in [1.54, 1.807) is 30.0 Å². The highest BCUT2D eigenvalue weighted by Gasteiger charge is 2.54. The van der Waals surface area contributed by atoms with Crippen molar-refractivity contribution in [1.29, 1.82) is 0 Å². The number of carbonyl (C=O) groups excluding carboxylic acids is 2. The van der Waals surface area contributed by atoms with Gasteiger partial charge in [0.1, 0.15) is 0 Å². The minimum atomic E-state index is -4.43. The summed E-state index contributed by atoms with van der Waals surface area (Å²) >= 11 is 0. The molecule has 0 N–H and O–H groups in total. The maximum atomic E-state index is 13.1. The van der Waals surface area contributed by atoms with E-state index in [9.17, 15) is 22.8 Å². The Morgan fingerprint density at radius 3 is 2.45 bits per heavy atom. The highest BCUT2D eigenvalue weighted by molar-refractivity contribution is 6.09. The summed E-state index contributed by atoms with van der Waals surface area (Å²) < 4.78 is 44.0. The number of hydrogen-bond acceptors (Lipinski definition) is 6. The number of hydrogen-bond donors (Lipinski definition) is 0. The Kier molecular flexibility index (Phi) is 5.16. The van der Waals surface area contributed by atoms with Crippen molar-refractivity contribution < 1.29 is 27.5 Å². The van der Waals surface area contributed by atoms with E-state index in [1.165, 1.54) is 17.0 Å². The Morgan fingerprint density at radius 2 is 1.84 bits per heavy atom. The number of imide groups is 1. The van der Waals surface area contributed by atoms with Crippen LogP contribution in [0.5, 0.6) is 0 Å². The summed E-state index contributed by atoms with van der Waals surface area (Å²) in [4.78, 5) is 36.3. The van der Waals surface area contributed by atoms with Gasteiger partial charge in [0.05, 0.1) is 18.7 Å². The van der Waals surface area contributed by atoms with Crippen LogP contribution in [-0.4, -0.2) is 71.6 Å². The van der Waals surface area contributed by atoms with Crippen molar-refractivity contribution in [2.24, 2.45) is 4.99 Å². The summed E-state index contributed by atoms with van der Waals surface area (Å²) in [6, 6.07) is 3.53. The van der Waals surface area contributed by atoms with Gasteiger partial charge in [0.25, 0.3) is 5.91 Å². The molecule has 0 radical (unpaired) electrons. The first kappa shape index (κ1) is 21.2. The minimum absolute atomic E-state index is 0.132.